The van der Waals surface area contributed by atoms with Gasteiger partial charge in [0.05, 0.1) is 11.4 Å². The van der Waals surface area contributed by atoms with E-state index in [-0.39, 0.29) is 12.4 Å². The van der Waals surface area contributed by atoms with Gasteiger partial charge in [0.1, 0.15) is 24.0 Å². The Morgan fingerprint density at radius 3 is 1.97 bits per heavy atom. The number of aromatic nitrogens is 2. The lowest BCUT2D eigenvalue weighted by Crippen LogP contribution is -1.98. The number of hydrogen-bond donors (Lipinski definition) is 1. The fraction of sp³-hybridized carbons (Fsp3) is 0.0357. The molecular weight excluding hydrogens is 399 g/mol. The van der Waals surface area contributed by atoms with E-state index in [1.54, 1.807) is 18.2 Å². The summed E-state index contributed by atoms with van der Waals surface area (Å²) in [5.41, 5.74) is 5.50. The van der Waals surface area contributed by atoms with Crippen LogP contribution < -0.4 is 4.74 Å². The predicted molar refractivity (Wildman–Crippen MR) is 126 cm³/mol. The van der Waals surface area contributed by atoms with Crippen LogP contribution in [0.3, 0.4) is 0 Å². The van der Waals surface area contributed by atoms with E-state index in [4.69, 9.17) is 9.72 Å². The molecule has 0 saturated heterocycles. The zero-order chi connectivity index (χ0) is 21.8. The van der Waals surface area contributed by atoms with Crippen LogP contribution in [-0.4, -0.2) is 9.97 Å². The molecule has 0 aliphatic rings. The van der Waals surface area contributed by atoms with Crippen molar-refractivity contribution in [1.29, 1.82) is 0 Å². The van der Waals surface area contributed by atoms with Crippen molar-refractivity contribution in [2.45, 2.75) is 6.61 Å². The van der Waals surface area contributed by atoms with Crippen molar-refractivity contribution in [2.75, 3.05) is 0 Å². The number of rotatable bonds is 6. The summed E-state index contributed by atoms with van der Waals surface area (Å²) in [6.07, 6.45) is 0. The molecule has 4 heteroatoms. The van der Waals surface area contributed by atoms with Crippen LogP contribution in [0, 0.1) is 5.82 Å². The highest BCUT2D eigenvalue weighted by molar-refractivity contribution is 5.81. The molecule has 0 aliphatic heterocycles. The van der Waals surface area contributed by atoms with Gasteiger partial charge in [-0.25, -0.2) is 9.37 Å². The van der Waals surface area contributed by atoms with Gasteiger partial charge in [-0.3, -0.25) is 0 Å². The molecule has 0 amide bonds. The summed E-state index contributed by atoms with van der Waals surface area (Å²) in [6, 6.07) is 34.6. The van der Waals surface area contributed by atoms with E-state index < -0.39 is 0 Å². The smallest absolute Gasteiger partial charge is 0.138 e. The summed E-state index contributed by atoms with van der Waals surface area (Å²) >= 11 is 0. The molecule has 0 radical (unpaired) electrons. The van der Waals surface area contributed by atoms with E-state index in [1.165, 1.54) is 6.07 Å². The van der Waals surface area contributed by atoms with Crippen LogP contribution >= 0.6 is 0 Å². The highest BCUT2D eigenvalue weighted by Gasteiger charge is 2.15. The van der Waals surface area contributed by atoms with Crippen molar-refractivity contribution in [1.82, 2.24) is 9.97 Å². The van der Waals surface area contributed by atoms with Crippen LogP contribution in [0.2, 0.25) is 0 Å². The summed E-state index contributed by atoms with van der Waals surface area (Å²) in [6.45, 7) is 0.184. The number of benzene rings is 4. The molecule has 0 aliphatic carbocycles. The van der Waals surface area contributed by atoms with Crippen molar-refractivity contribution < 1.29 is 9.13 Å². The fourth-order valence-electron chi connectivity index (χ4n) is 3.61. The lowest BCUT2D eigenvalue weighted by atomic mass is 10.1. The Balaban J connectivity index is 1.43. The monoisotopic (exact) mass is 420 g/mol. The van der Waals surface area contributed by atoms with Crippen LogP contribution in [0.15, 0.2) is 109 Å². The van der Waals surface area contributed by atoms with Gasteiger partial charge in [-0.2, -0.15) is 0 Å². The molecule has 1 aromatic heterocycles. The summed E-state index contributed by atoms with van der Waals surface area (Å²) in [4.78, 5) is 8.41. The standard InChI is InChI=1S/C28H21FN2O/c29-25-14-8-7-13-23(25)19-32-24-17-15-22(16-18-24)28-30-26(20-9-3-1-4-10-20)27(31-28)21-11-5-2-6-12-21/h1-18H,19H2,(H,30,31). The van der Waals surface area contributed by atoms with Gasteiger partial charge in [0.25, 0.3) is 0 Å². The van der Waals surface area contributed by atoms with Crippen LogP contribution in [0.25, 0.3) is 33.9 Å². The summed E-state index contributed by atoms with van der Waals surface area (Å²) in [5, 5.41) is 0. The van der Waals surface area contributed by atoms with Crippen molar-refractivity contribution >= 4 is 0 Å². The number of ether oxygens (including phenoxy) is 1. The Kier molecular flexibility index (Phi) is 5.50. The van der Waals surface area contributed by atoms with Crippen molar-refractivity contribution in [3.8, 4) is 39.7 Å². The summed E-state index contributed by atoms with van der Waals surface area (Å²) < 4.78 is 19.6. The van der Waals surface area contributed by atoms with Crippen molar-refractivity contribution in [3.05, 3.63) is 121 Å². The van der Waals surface area contributed by atoms with Gasteiger partial charge in [0.15, 0.2) is 0 Å². The molecule has 0 fully saturated rings. The van der Waals surface area contributed by atoms with E-state index in [9.17, 15) is 4.39 Å². The second-order valence-electron chi connectivity index (χ2n) is 7.45. The van der Waals surface area contributed by atoms with Gasteiger partial charge in [-0.1, -0.05) is 78.9 Å². The molecule has 0 bridgehead atoms. The number of aromatic amines is 1. The van der Waals surface area contributed by atoms with Crippen molar-refractivity contribution in [2.24, 2.45) is 0 Å². The molecule has 1 heterocycles. The Morgan fingerprint density at radius 2 is 1.28 bits per heavy atom. The number of hydrogen-bond acceptors (Lipinski definition) is 2. The molecule has 1 N–H and O–H groups in total. The third kappa shape index (κ3) is 4.16. The van der Waals surface area contributed by atoms with Crippen LogP contribution in [0.5, 0.6) is 5.75 Å². The number of halogens is 1. The first-order chi connectivity index (χ1) is 15.8. The van der Waals surface area contributed by atoms with Gasteiger partial charge in [-0.05, 0) is 30.3 Å². The van der Waals surface area contributed by atoms with Gasteiger partial charge in [0, 0.05) is 22.3 Å². The second-order valence-corrected chi connectivity index (χ2v) is 7.45. The van der Waals surface area contributed by atoms with E-state index in [1.807, 2.05) is 60.7 Å². The van der Waals surface area contributed by atoms with Gasteiger partial charge in [-0.15, -0.1) is 0 Å². The average Bonchev–Trinajstić information content (AvgIpc) is 3.31. The average molecular weight is 420 g/mol. The molecule has 5 aromatic rings. The molecule has 0 saturated carbocycles. The highest BCUT2D eigenvalue weighted by Crippen LogP contribution is 2.33. The molecule has 0 unspecified atom stereocenters. The topological polar surface area (TPSA) is 37.9 Å². The molecule has 156 valence electrons. The number of imidazole rings is 1. The molecule has 0 spiro atoms. The number of nitrogens with zero attached hydrogens (tertiary/aromatic N) is 1. The minimum atomic E-state index is -0.262. The van der Waals surface area contributed by atoms with E-state index in [0.29, 0.717) is 11.3 Å². The quantitative estimate of drug-likeness (QED) is 0.317. The zero-order valence-corrected chi connectivity index (χ0v) is 17.3. The van der Waals surface area contributed by atoms with Gasteiger partial charge >= 0.3 is 0 Å². The van der Waals surface area contributed by atoms with E-state index in [2.05, 4.69) is 29.2 Å². The van der Waals surface area contributed by atoms with Crippen LogP contribution in [0.4, 0.5) is 4.39 Å². The maximum atomic E-state index is 13.8. The number of H-pyrrole nitrogens is 1. The van der Waals surface area contributed by atoms with Gasteiger partial charge in [0.2, 0.25) is 0 Å². The maximum absolute atomic E-state index is 13.8. The van der Waals surface area contributed by atoms with E-state index >= 15 is 0 Å². The Hall–Kier alpha value is -4.18. The number of nitrogens with one attached hydrogen (secondary N) is 1. The third-order valence-corrected chi connectivity index (χ3v) is 5.29. The lowest BCUT2D eigenvalue weighted by Gasteiger charge is -2.07. The Labute approximate surface area is 186 Å². The van der Waals surface area contributed by atoms with Crippen molar-refractivity contribution in [3.63, 3.8) is 0 Å². The second kappa shape index (κ2) is 8.90. The molecule has 0 atom stereocenters. The first-order valence-corrected chi connectivity index (χ1v) is 10.5. The van der Waals surface area contributed by atoms with Crippen LogP contribution in [-0.2, 0) is 6.61 Å². The Morgan fingerprint density at radius 1 is 0.656 bits per heavy atom. The minimum Gasteiger partial charge on any atom is -0.489 e. The fourth-order valence-corrected chi connectivity index (χ4v) is 3.61. The molecule has 3 nitrogen and oxygen atoms in total. The molecule has 32 heavy (non-hydrogen) atoms. The third-order valence-electron chi connectivity index (χ3n) is 5.29. The Bertz CT molecular complexity index is 1260. The van der Waals surface area contributed by atoms with E-state index in [0.717, 1.165) is 33.9 Å². The maximum Gasteiger partial charge on any atom is 0.138 e. The highest BCUT2D eigenvalue weighted by atomic mass is 19.1. The normalized spacial score (nSPS) is 10.8. The lowest BCUT2D eigenvalue weighted by molar-refractivity contribution is 0.300. The summed E-state index contributed by atoms with van der Waals surface area (Å²) in [7, 11) is 0. The molecular formula is C28H21FN2O. The minimum absolute atomic E-state index is 0.184. The SMILES string of the molecule is Fc1ccccc1COc1ccc(-c2nc(-c3ccccc3)c(-c3ccccc3)[nH]2)cc1. The first kappa shape index (κ1) is 19.8. The largest absolute Gasteiger partial charge is 0.489 e. The molecule has 4 aromatic carbocycles. The predicted octanol–water partition coefficient (Wildman–Crippen LogP) is 7.13. The summed E-state index contributed by atoms with van der Waals surface area (Å²) in [5.74, 6) is 1.19. The first-order valence-electron chi connectivity index (χ1n) is 10.5. The van der Waals surface area contributed by atoms with Crippen LogP contribution in [0.1, 0.15) is 5.56 Å². The molecule has 5 rings (SSSR count). The zero-order valence-electron chi connectivity index (χ0n) is 17.3. The van der Waals surface area contributed by atoms with Gasteiger partial charge < -0.3 is 9.72 Å².